The Kier molecular flexibility index (Phi) is 6.18. The van der Waals surface area contributed by atoms with Crippen LogP contribution >= 0.6 is 0 Å². The highest BCUT2D eigenvalue weighted by Gasteiger charge is 2.85. The van der Waals surface area contributed by atoms with E-state index >= 15 is 0 Å². The van der Waals surface area contributed by atoms with E-state index in [2.05, 4.69) is 34.6 Å². The van der Waals surface area contributed by atoms with Crippen molar-refractivity contribution in [3.63, 3.8) is 0 Å². The van der Waals surface area contributed by atoms with E-state index in [9.17, 15) is 20.1 Å². The van der Waals surface area contributed by atoms with E-state index in [1.807, 2.05) is 0 Å². The molecule has 6 nitrogen and oxygen atoms in total. The molecule has 0 bridgehead atoms. The highest BCUT2D eigenvalue weighted by Crippen LogP contribution is 2.90. The molecule has 3 N–H and O–H groups in total. The van der Waals surface area contributed by atoms with Crippen LogP contribution in [0.3, 0.4) is 0 Å². The van der Waals surface area contributed by atoms with Crippen molar-refractivity contribution in [2.75, 3.05) is 0 Å². The van der Waals surface area contributed by atoms with Crippen LogP contribution in [-0.4, -0.2) is 45.2 Å². The summed E-state index contributed by atoms with van der Waals surface area (Å²) in [7, 11) is 0. The van der Waals surface area contributed by atoms with Gasteiger partial charge in [-0.25, -0.2) is 0 Å². The van der Waals surface area contributed by atoms with E-state index in [-0.39, 0.29) is 51.5 Å². The molecule has 10 atom stereocenters. The number of esters is 1. The Labute approximate surface area is 247 Å². The molecule has 7 fully saturated rings. The largest absolute Gasteiger partial charge is 0.456 e. The summed E-state index contributed by atoms with van der Waals surface area (Å²) in [6.45, 7) is 14.9. The van der Waals surface area contributed by atoms with Crippen molar-refractivity contribution in [2.45, 2.75) is 143 Å². The lowest BCUT2D eigenvalue weighted by molar-refractivity contribution is -0.180. The average Bonchev–Trinajstić information content (AvgIpc) is 3.48. The molecular formula is C35H53O6. The van der Waals surface area contributed by atoms with Crippen LogP contribution in [0, 0.1) is 68.9 Å². The first kappa shape index (κ1) is 29.0. The molecule has 6 heteroatoms. The molecule has 0 unspecified atom stereocenters. The number of hydrogen-bond donors (Lipinski definition) is 3. The standard InChI is InChI=1S/C35H53O6/c1-19-17-21(28(31(4,5)39)41-29(38)20-9-8-10-20)40-26-25(19)32(6)15-16-35-18-34(35)14-13-24(36)30(2,3)22(34)11-12-23(35)33(32,7)27(26)37/h19-20,22,24-25,27-28,36-37,39H,8-18H2,1-7H3/t19-,22+,24+,25+,27+,28+,32-,33-,34-,35+/m1/s1. The van der Waals surface area contributed by atoms with Gasteiger partial charge in [-0.1, -0.05) is 41.0 Å². The van der Waals surface area contributed by atoms with Crippen LogP contribution in [0.25, 0.3) is 0 Å². The molecule has 229 valence electrons. The van der Waals surface area contributed by atoms with Gasteiger partial charge in [0.1, 0.15) is 12.2 Å². The zero-order valence-corrected chi connectivity index (χ0v) is 26.4. The van der Waals surface area contributed by atoms with Gasteiger partial charge in [-0.2, -0.15) is 0 Å². The monoisotopic (exact) mass is 569 g/mol. The van der Waals surface area contributed by atoms with Crippen LogP contribution in [0.1, 0.15) is 119 Å². The summed E-state index contributed by atoms with van der Waals surface area (Å²) < 4.78 is 12.7. The molecule has 7 aliphatic rings. The lowest BCUT2D eigenvalue weighted by atomic mass is 9.41. The van der Waals surface area contributed by atoms with Crippen molar-refractivity contribution in [1.82, 2.24) is 0 Å². The van der Waals surface area contributed by atoms with Gasteiger partial charge in [0.25, 0.3) is 0 Å². The van der Waals surface area contributed by atoms with Gasteiger partial charge in [-0.3, -0.25) is 4.79 Å². The van der Waals surface area contributed by atoms with Crippen molar-refractivity contribution in [1.29, 1.82) is 0 Å². The van der Waals surface area contributed by atoms with Crippen LogP contribution in [0.4, 0.5) is 0 Å². The number of carbonyl (C=O) groups is 1. The molecule has 1 heterocycles. The minimum absolute atomic E-state index is 0.0729. The average molecular weight is 570 g/mol. The number of rotatable bonds is 4. The van der Waals surface area contributed by atoms with E-state index in [0.717, 1.165) is 57.5 Å². The number of carbonyl (C=O) groups excluding carboxylic acids is 1. The third kappa shape index (κ3) is 3.48. The number of fused-ring (bicyclic) bond motifs is 4. The van der Waals surface area contributed by atoms with Crippen molar-refractivity contribution in [3.05, 3.63) is 18.1 Å². The maximum Gasteiger partial charge on any atom is 0.309 e. The molecule has 1 aliphatic heterocycles. The Morgan fingerprint density at radius 2 is 1.76 bits per heavy atom. The van der Waals surface area contributed by atoms with Crippen LogP contribution in [0.15, 0.2) is 0 Å². The van der Waals surface area contributed by atoms with Crippen molar-refractivity contribution in [2.24, 2.45) is 50.7 Å². The fourth-order valence-corrected chi connectivity index (χ4v) is 12.1. The predicted molar refractivity (Wildman–Crippen MR) is 154 cm³/mol. The van der Waals surface area contributed by atoms with E-state index in [1.165, 1.54) is 12.8 Å². The zero-order valence-electron chi connectivity index (χ0n) is 26.4. The van der Waals surface area contributed by atoms with Gasteiger partial charge in [0.15, 0.2) is 6.10 Å². The van der Waals surface area contributed by atoms with Crippen molar-refractivity contribution >= 4 is 5.97 Å². The Morgan fingerprint density at radius 3 is 2.39 bits per heavy atom. The number of hydrogen-bond acceptors (Lipinski definition) is 6. The molecule has 3 radical (unpaired) electrons. The first-order valence-corrected chi connectivity index (χ1v) is 16.6. The Hall–Kier alpha value is -0.690. The van der Waals surface area contributed by atoms with Crippen LogP contribution in [0.5, 0.6) is 0 Å². The van der Waals surface area contributed by atoms with Crippen molar-refractivity contribution < 1.29 is 29.6 Å². The topological polar surface area (TPSA) is 96.2 Å². The second-order valence-electron chi connectivity index (χ2n) is 17.1. The lowest BCUT2D eigenvalue weighted by Crippen LogP contribution is -2.58. The Balaban J connectivity index is 1.19. The first-order chi connectivity index (χ1) is 19.0. The number of ether oxygens (including phenoxy) is 2. The normalized spacial score (nSPS) is 50.4. The summed E-state index contributed by atoms with van der Waals surface area (Å²) >= 11 is 0. The van der Waals surface area contributed by atoms with E-state index in [0.29, 0.717) is 18.4 Å². The first-order valence-electron chi connectivity index (χ1n) is 16.6. The van der Waals surface area contributed by atoms with Gasteiger partial charge < -0.3 is 24.8 Å². The maximum absolute atomic E-state index is 12.9. The van der Waals surface area contributed by atoms with Gasteiger partial charge >= 0.3 is 5.97 Å². The van der Waals surface area contributed by atoms with E-state index < -0.39 is 23.2 Å². The molecule has 0 amide bonds. The molecule has 6 aliphatic carbocycles. The molecule has 2 spiro atoms. The fraction of sp³-hybridized carbons (Fsp3) is 0.886. The summed E-state index contributed by atoms with van der Waals surface area (Å²) in [4.78, 5) is 12.9. The van der Waals surface area contributed by atoms with E-state index in [1.54, 1.807) is 19.8 Å². The SMILES string of the molecule is C[C@@H]1C[C]([C@H](OC(=O)C2CCC2)C(C)(C)O)O[C]2[C@H]1[C@@]1(C)CC[C@@]34C[C@@]35CC[C@H](O)C(C)(C)[C@@H]5CC[C]4[C@]1(C)[C@H]2O. The highest BCUT2D eigenvalue weighted by molar-refractivity contribution is 5.73. The maximum atomic E-state index is 12.9. The number of aliphatic hydroxyl groups is 3. The molecule has 7 rings (SSSR count). The molecule has 41 heavy (non-hydrogen) atoms. The zero-order chi connectivity index (χ0) is 29.5. The molecule has 0 aromatic rings. The summed E-state index contributed by atoms with van der Waals surface area (Å²) in [5.41, 5.74) is -1.45. The van der Waals surface area contributed by atoms with Gasteiger partial charge in [0.05, 0.1) is 23.7 Å². The van der Waals surface area contributed by atoms with Gasteiger partial charge in [-0.15, -0.1) is 0 Å². The van der Waals surface area contributed by atoms with Crippen LogP contribution in [-0.2, 0) is 14.3 Å². The lowest BCUT2D eigenvalue weighted by Gasteiger charge is -2.63. The van der Waals surface area contributed by atoms with Gasteiger partial charge in [0, 0.05) is 11.3 Å². The molecule has 1 saturated heterocycles. The van der Waals surface area contributed by atoms with Crippen LogP contribution < -0.4 is 0 Å². The fourth-order valence-electron chi connectivity index (χ4n) is 12.1. The molecule has 0 aromatic heterocycles. The summed E-state index contributed by atoms with van der Waals surface area (Å²) in [6.07, 6.45) is 10.4. The second kappa shape index (κ2) is 8.73. The van der Waals surface area contributed by atoms with Gasteiger partial charge in [-0.05, 0) is 117 Å². The number of aliphatic hydroxyl groups excluding tert-OH is 2. The van der Waals surface area contributed by atoms with Crippen molar-refractivity contribution in [3.8, 4) is 0 Å². The predicted octanol–water partition coefficient (Wildman–Crippen LogP) is 5.93. The Bertz CT molecular complexity index is 1090. The smallest absolute Gasteiger partial charge is 0.309 e. The highest BCUT2D eigenvalue weighted by atomic mass is 16.6. The third-order valence-corrected chi connectivity index (χ3v) is 14.6. The summed E-state index contributed by atoms with van der Waals surface area (Å²) in [5.74, 6) is 2.08. The minimum atomic E-state index is -1.29. The molecular weight excluding hydrogens is 516 g/mol. The molecule has 0 aromatic carbocycles. The second-order valence-corrected chi connectivity index (χ2v) is 17.1. The quantitative estimate of drug-likeness (QED) is 0.363. The van der Waals surface area contributed by atoms with Crippen LogP contribution in [0.2, 0.25) is 0 Å². The summed E-state index contributed by atoms with van der Waals surface area (Å²) in [6, 6.07) is 0. The minimum Gasteiger partial charge on any atom is -0.456 e. The van der Waals surface area contributed by atoms with Gasteiger partial charge in [0.2, 0.25) is 0 Å². The third-order valence-electron chi connectivity index (χ3n) is 14.6. The molecule has 6 saturated carbocycles. The van der Waals surface area contributed by atoms with E-state index in [4.69, 9.17) is 9.47 Å². The Morgan fingerprint density at radius 1 is 1.05 bits per heavy atom. The summed E-state index contributed by atoms with van der Waals surface area (Å²) in [5, 5.41) is 34.5.